The average Bonchev–Trinajstić information content (AvgIpc) is 2.31. The van der Waals surface area contributed by atoms with Gasteiger partial charge in [0.05, 0.1) is 0 Å². The summed E-state index contributed by atoms with van der Waals surface area (Å²) in [6.45, 7) is 0. The molecule has 101 valence electrons. The standard InChI is InChI=1S/6CHNS.4K.Re/c6*2-1-3;;;;;/h6*3H;;;;;/q;;;;;;4*+1;+2/p-6. The van der Waals surface area contributed by atoms with Gasteiger partial charge in [-0.3, -0.25) is 0 Å². The molecule has 0 saturated heterocycles. The van der Waals surface area contributed by atoms with Crippen LogP contribution in [0.2, 0.25) is 0 Å². The molecule has 0 N–H and O–H groups in total. The molecule has 0 amide bonds. The van der Waals surface area contributed by atoms with Crippen LogP contribution in [0.4, 0.5) is 0 Å². The minimum absolute atomic E-state index is 0. The molecule has 0 aliphatic rings. The van der Waals surface area contributed by atoms with Gasteiger partial charge in [0.25, 0.3) is 0 Å². The molecule has 0 radical (unpaired) electrons. The molecular weight excluding hydrogens is 691 g/mol. The monoisotopic (exact) mass is 691 g/mol. The van der Waals surface area contributed by atoms with Crippen LogP contribution in [0.15, 0.2) is 0 Å². The molecule has 17 heteroatoms. The van der Waals surface area contributed by atoms with E-state index in [1.165, 1.54) is 0 Å². The van der Waals surface area contributed by atoms with Gasteiger partial charge in [-0.05, 0) is 0 Å². The largest absolute Gasteiger partial charge is 1.00 e. The summed E-state index contributed by atoms with van der Waals surface area (Å²) in [6.07, 6.45) is 0. The van der Waals surface area contributed by atoms with Crippen LogP contribution in [0.3, 0.4) is 0 Å². The summed E-state index contributed by atoms with van der Waals surface area (Å²) in [5.74, 6) is 0. The smallest absolute Gasteiger partial charge is 1.00 e. The van der Waals surface area contributed by atoms with Crippen molar-refractivity contribution in [3.8, 4) is 32.4 Å². The van der Waals surface area contributed by atoms with Crippen LogP contribution in [0, 0.1) is 64.0 Å². The summed E-state index contributed by atoms with van der Waals surface area (Å²) < 4.78 is 0. The normalized spacial score (nSPS) is 10.7. The summed E-state index contributed by atoms with van der Waals surface area (Å²) >= 11 is 0. The predicted molar refractivity (Wildman–Crippen MR) is 79.2 cm³/mol. The van der Waals surface area contributed by atoms with Crippen molar-refractivity contribution in [1.29, 1.82) is 31.6 Å². The third-order valence-electron chi connectivity index (χ3n) is 1.15. The minimum atomic E-state index is -5.62. The molecule has 0 aliphatic heterocycles. The van der Waals surface area contributed by atoms with E-state index in [1.54, 1.807) is 32.4 Å². The quantitative estimate of drug-likeness (QED) is 0.193. The first kappa shape index (κ1) is 39.7. The molecule has 0 aliphatic carbocycles. The van der Waals surface area contributed by atoms with Crippen LogP contribution in [0.25, 0.3) is 0 Å². The van der Waals surface area contributed by atoms with Crippen LogP contribution >= 0.6 is 57.5 Å². The van der Waals surface area contributed by atoms with Crippen LogP contribution in [0.5, 0.6) is 0 Å². The van der Waals surface area contributed by atoms with E-state index in [2.05, 4.69) is 0 Å². The van der Waals surface area contributed by atoms with Gasteiger partial charge in [-0.25, -0.2) is 0 Å². The van der Waals surface area contributed by atoms with Crippen molar-refractivity contribution in [3.63, 3.8) is 0 Å². The van der Waals surface area contributed by atoms with Crippen LogP contribution in [-0.4, -0.2) is 0 Å². The zero-order valence-electron chi connectivity index (χ0n) is 12.5. The molecule has 0 spiro atoms. The van der Waals surface area contributed by atoms with Gasteiger partial charge in [-0.2, -0.15) is 0 Å². The van der Waals surface area contributed by atoms with Crippen molar-refractivity contribution in [1.82, 2.24) is 0 Å². The molecular formula is C6K4N6ReS6. The van der Waals surface area contributed by atoms with Crippen molar-refractivity contribution in [2.75, 3.05) is 0 Å². The summed E-state index contributed by atoms with van der Waals surface area (Å²) in [5.41, 5.74) is -5.62. The van der Waals surface area contributed by atoms with Gasteiger partial charge in [0.1, 0.15) is 0 Å². The number of nitrogens with zero attached hydrogens (tertiary/aromatic N) is 6. The first-order chi connectivity index (χ1) is 8.97. The maximum Gasteiger partial charge on any atom is 1.00 e. The Balaban J connectivity index is -0.000000270. The summed E-state index contributed by atoms with van der Waals surface area (Å²) in [7, 11) is 3.28. The third-order valence-corrected chi connectivity index (χ3v) is 74.7. The number of nitriles is 6. The first-order valence-corrected chi connectivity index (χ1v) is 27.8. The SMILES string of the molecule is N#C[S][Re-4]([S]C#N)([S]C#N)([S]C#N)([S]C#N)[S]C#N.[K+].[K+].[K+].[K+]. The van der Waals surface area contributed by atoms with Crippen molar-refractivity contribution < 1.29 is 211 Å². The van der Waals surface area contributed by atoms with E-state index in [-0.39, 0.29) is 206 Å². The Morgan fingerprint density at radius 3 is 0.609 bits per heavy atom. The second-order valence-corrected chi connectivity index (χ2v) is 82.6. The van der Waals surface area contributed by atoms with E-state index < -0.39 is 5.57 Å². The molecule has 0 heterocycles. The number of rotatable bonds is 6. The molecule has 0 aromatic rings. The fourth-order valence-corrected chi connectivity index (χ4v) is 48.5. The number of hydrogen-bond acceptors (Lipinski definition) is 12. The van der Waals surface area contributed by atoms with Crippen LogP contribution < -0.4 is 206 Å². The Kier molecular flexibility index (Phi) is 32.7. The van der Waals surface area contributed by atoms with Crippen LogP contribution in [0.1, 0.15) is 0 Å². The van der Waals surface area contributed by atoms with E-state index in [0.717, 1.165) is 0 Å². The van der Waals surface area contributed by atoms with Gasteiger partial charge in [-0.1, -0.05) is 0 Å². The van der Waals surface area contributed by atoms with Gasteiger partial charge < -0.3 is 0 Å². The third kappa shape index (κ3) is 10.9. The van der Waals surface area contributed by atoms with Crippen molar-refractivity contribution in [3.05, 3.63) is 0 Å². The average molecular weight is 691 g/mol. The molecule has 0 atom stereocenters. The van der Waals surface area contributed by atoms with Crippen molar-refractivity contribution >= 4 is 57.5 Å². The summed E-state index contributed by atoms with van der Waals surface area (Å²) in [6, 6.07) is 0. The molecule has 0 fully saturated rings. The van der Waals surface area contributed by atoms with E-state index >= 15 is 0 Å². The molecule has 0 bridgehead atoms. The second kappa shape index (κ2) is 19.0. The van der Waals surface area contributed by atoms with Gasteiger partial charge in [0, 0.05) is 0 Å². The summed E-state index contributed by atoms with van der Waals surface area (Å²) in [4.78, 5) is 0. The van der Waals surface area contributed by atoms with Crippen molar-refractivity contribution in [2.45, 2.75) is 0 Å². The van der Waals surface area contributed by atoms with Gasteiger partial charge >= 0.3 is 333 Å². The molecule has 0 aromatic carbocycles. The Labute approximate surface area is 321 Å². The molecule has 23 heavy (non-hydrogen) atoms. The van der Waals surface area contributed by atoms with Gasteiger partial charge in [0.15, 0.2) is 0 Å². The van der Waals surface area contributed by atoms with E-state index in [9.17, 15) is 0 Å². The Morgan fingerprint density at radius 1 is 0.391 bits per heavy atom. The number of hydrogen-bond donors (Lipinski definition) is 0. The Hall–Kier alpha value is 6.25. The van der Waals surface area contributed by atoms with Gasteiger partial charge in [-0.15, -0.1) is 0 Å². The number of thiocyanates is 6. The fourth-order valence-electron chi connectivity index (χ4n) is 0.659. The zero-order valence-corrected chi connectivity index (χ0v) is 32.6. The first-order valence-electron chi connectivity index (χ1n) is 3.49. The molecule has 0 saturated carbocycles. The zero-order chi connectivity index (χ0) is 14.9. The fraction of sp³-hybridized carbons (Fsp3) is 0. The maximum absolute atomic E-state index is 9.01. The molecule has 6 nitrogen and oxygen atoms in total. The van der Waals surface area contributed by atoms with Gasteiger partial charge in [0.2, 0.25) is 0 Å². The molecule has 0 aromatic heterocycles. The van der Waals surface area contributed by atoms with E-state index in [0.29, 0.717) is 57.5 Å². The topological polar surface area (TPSA) is 143 Å². The van der Waals surface area contributed by atoms with Crippen LogP contribution in [-0.2, 0) is 5.57 Å². The Morgan fingerprint density at radius 2 is 0.522 bits per heavy atom. The van der Waals surface area contributed by atoms with E-state index in [1.807, 2.05) is 0 Å². The molecule has 0 rings (SSSR count). The predicted octanol–water partition coefficient (Wildman–Crippen LogP) is -8.00. The Bertz CT molecular complexity index is 490. The second-order valence-electron chi connectivity index (χ2n) is 1.96. The summed E-state index contributed by atoms with van der Waals surface area (Å²) in [5, 5.41) is 64.6. The molecule has 0 unspecified atom stereocenters. The van der Waals surface area contributed by atoms with Crippen molar-refractivity contribution in [2.24, 2.45) is 0 Å². The maximum atomic E-state index is 9.01. The minimum Gasteiger partial charge on any atom is 1.00 e. The van der Waals surface area contributed by atoms with E-state index in [4.69, 9.17) is 31.6 Å².